The second kappa shape index (κ2) is 9.30. The molecule has 0 radical (unpaired) electrons. The van der Waals surface area contributed by atoms with E-state index in [-0.39, 0.29) is 11.6 Å². The van der Waals surface area contributed by atoms with Gasteiger partial charge in [0.05, 0.1) is 24.5 Å². The van der Waals surface area contributed by atoms with Crippen molar-refractivity contribution in [1.29, 1.82) is 0 Å². The molecule has 0 aliphatic carbocycles. The lowest BCUT2D eigenvalue weighted by Crippen LogP contribution is -2.40. The number of methoxy groups -OCH3 is 1. The molecule has 1 aliphatic rings. The molecule has 146 valence electrons. The molecule has 2 aromatic heterocycles. The van der Waals surface area contributed by atoms with E-state index in [4.69, 9.17) is 16.3 Å². The Kier molecular flexibility index (Phi) is 6.82. The van der Waals surface area contributed by atoms with Gasteiger partial charge in [0.1, 0.15) is 5.15 Å². The molecule has 7 nitrogen and oxygen atoms in total. The van der Waals surface area contributed by atoms with Crippen molar-refractivity contribution in [2.45, 2.75) is 25.4 Å². The van der Waals surface area contributed by atoms with Crippen LogP contribution in [0.25, 0.3) is 0 Å². The first-order valence-electron chi connectivity index (χ1n) is 9.19. The SMILES string of the molecule is COCCN(C)c1cnn([C@H]2CCCN(Cc3cccnc3Cl)C2)c(=O)c1. The van der Waals surface area contributed by atoms with Crippen LogP contribution in [0, 0.1) is 0 Å². The summed E-state index contributed by atoms with van der Waals surface area (Å²) in [4.78, 5) is 21.1. The van der Waals surface area contributed by atoms with Crippen LogP contribution in [-0.2, 0) is 11.3 Å². The van der Waals surface area contributed by atoms with Gasteiger partial charge in [-0.1, -0.05) is 17.7 Å². The number of hydrogen-bond donors (Lipinski definition) is 0. The molecule has 2 aromatic rings. The molecule has 0 aromatic carbocycles. The van der Waals surface area contributed by atoms with Gasteiger partial charge < -0.3 is 9.64 Å². The molecule has 0 amide bonds. The first-order chi connectivity index (χ1) is 13.1. The van der Waals surface area contributed by atoms with Gasteiger partial charge >= 0.3 is 0 Å². The van der Waals surface area contributed by atoms with Crippen LogP contribution in [0.5, 0.6) is 0 Å². The van der Waals surface area contributed by atoms with Crippen molar-refractivity contribution in [3.05, 3.63) is 51.7 Å². The Morgan fingerprint density at radius 1 is 1.44 bits per heavy atom. The average Bonchev–Trinajstić information content (AvgIpc) is 2.68. The Balaban J connectivity index is 1.69. The average molecular weight is 392 g/mol. The third-order valence-corrected chi connectivity index (χ3v) is 5.28. The van der Waals surface area contributed by atoms with E-state index >= 15 is 0 Å². The van der Waals surface area contributed by atoms with Crippen LogP contribution < -0.4 is 10.5 Å². The van der Waals surface area contributed by atoms with E-state index < -0.39 is 0 Å². The largest absolute Gasteiger partial charge is 0.383 e. The van der Waals surface area contributed by atoms with E-state index in [1.165, 1.54) is 0 Å². The van der Waals surface area contributed by atoms with Gasteiger partial charge in [-0.3, -0.25) is 9.69 Å². The van der Waals surface area contributed by atoms with Crippen LogP contribution >= 0.6 is 11.6 Å². The topological polar surface area (TPSA) is 63.5 Å². The highest BCUT2D eigenvalue weighted by Crippen LogP contribution is 2.23. The van der Waals surface area contributed by atoms with E-state index in [1.807, 2.05) is 24.1 Å². The number of likely N-dealkylation sites (tertiary alicyclic amines) is 1. The third kappa shape index (κ3) is 5.06. The van der Waals surface area contributed by atoms with Crippen LogP contribution in [-0.4, -0.2) is 60.1 Å². The van der Waals surface area contributed by atoms with Gasteiger partial charge in [0.25, 0.3) is 5.56 Å². The summed E-state index contributed by atoms with van der Waals surface area (Å²) in [6.07, 6.45) is 5.42. The van der Waals surface area contributed by atoms with Crippen molar-refractivity contribution >= 4 is 17.3 Å². The molecule has 1 aliphatic heterocycles. The van der Waals surface area contributed by atoms with Gasteiger partial charge in [-0.25, -0.2) is 9.67 Å². The molecule has 0 unspecified atom stereocenters. The Morgan fingerprint density at radius 2 is 2.30 bits per heavy atom. The van der Waals surface area contributed by atoms with Gasteiger partial charge in [0.15, 0.2) is 0 Å². The summed E-state index contributed by atoms with van der Waals surface area (Å²) in [5.74, 6) is 0. The quantitative estimate of drug-likeness (QED) is 0.674. The van der Waals surface area contributed by atoms with Crippen LogP contribution in [0.1, 0.15) is 24.4 Å². The fourth-order valence-electron chi connectivity index (χ4n) is 3.40. The van der Waals surface area contributed by atoms with Crippen molar-refractivity contribution in [3.63, 3.8) is 0 Å². The lowest BCUT2D eigenvalue weighted by Gasteiger charge is -2.33. The minimum Gasteiger partial charge on any atom is -0.383 e. The zero-order valence-electron chi connectivity index (χ0n) is 15.8. The van der Waals surface area contributed by atoms with Crippen molar-refractivity contribution in [2.24, 2.45) is 0 Å². The Labute approximate surface area is 164 Å². The summed E-state index contributed by atoms with van der Waals surface area (Å²) in [7, 11) is 3.59. The van der Waals surface area contributed by atoms with Gasteiger partial charge in [-0.2, -0.15) is 5.10 Å². The molecule has 27 heavy (non-hydrogen) atoms. The Bertz CT molecular complexity index is 813. The molecule has 0 saturated carbocycles. The van der Waals surface area contributed by atoms with E-state index in [9.17, 15) is 4.79 Å². The summed E-state index contributed by atoms with van der Waals surface area (Å²) in [5, 5.41) is 4.99. The molecule has 3 heterocycles. The van der Waals surface area contributed by atoms with Crippen molar-refractivity contribution < 1.29 is 4.74 Å². The van der Waals surface area contributed by atoms with Crippen molar-refractivity contribution in [1.82, 2.24) is 19.7 Å². The van der Waals surface area contributed by atoms with E-state index in [0.29, 0.717) is 18.3 Å². The monoisotopic (exact) mass is 391 g/mol. The second-order valence-electron chi connectivity index (χ2n) is 6.90. The zero-order chi connectivity index (χ0) is 19.2. The molecule has 8 heteroatoms. The predicted molar refractivity (Wildman–Crippen MR) is 106 cm³/mol. The lowest BCUT2D eigenvalue weighted by atomic mass is 10.1. The standard InChI is InChI=1S/C19H26ClN5O2/c1-23(9-10-27-2)17-11-18(26)25(22-12-17)16-6-4-8-24(14-16)13-15-5-3-7-21-19(15)20/h3,5,7,11-12,16H,4,6,8-10,13-14H2,1-2H3/t16-/m0/s1. The van der Waals surface area contributed by atoms with E-state index in [2.05, 4.69) is 15.0 Å². The number of halogens is 1. The molecule has 1 fully saturated rings. The number of hydrogen-bond acceptors (Lipinski definition) is 6. The molecular weight excluding hydrogens is 366 g/mol. The van der Waals surface area contributed by atoms with Crippen LogP contribution in [0.3, 0.4) is 0 Å². The van der Waals surface area contributed by atoms with Crippen LogP contribution in [0.2, 0.25) is 5.15 Å². The number of rotatable bonds is 7. The maximum Gasteiger partial charge on any atom is 0.269 e. The van der Waals surface area contributed by atoms with E-state index in [0.717, 1.165) is 43.7 Å². The highest BCUT2D eigenvalue weighted by atomic mass is 35.5. The molecule has 3 rings (SSSR count). The van der Waals surface area contributed by atoms with Gasteiger partial charge in [-0.05, 0) is 25.5 Å². The first-order valence-corrected chi connectivity index (χ1v) is 9.57. The Morgan fingerprint density at radius 3 is 3.04 bits per heavy atom. The number of anilines is 1. The molecular formula is C19H26ClN5O2. The molecule has 1 atom stereocenters. The smallest absolute Gasteiger partial charge is 0.269 e. The lowest BCUT2D eigenvalue weighted by molar-refractivity contribution is 0.160. The van der Waals surface area contributed by atoms with Gasteiger partial charge in [0, 0.05) is 51.6 Å². The minimum absolute atomic E-state index is 0.0666. The summed E-state index contributed by atoms with van der Waals surface area (Å²) in [6, 6.07) is 5.61. The van der Waals surface area contributed by atoms with Crippen molar-refractivity contribution in [3.8, 4) is 0 Å². The highest BCUT2D eigenvalue weighted by Gasteiger charge is 2.23. The van der Waals surface area contributed by atoms with Gasteiger partial charge in [0.2, 0.25) is 0 Å². The fraction of sp³-hybridized carbons (Fsp3) is 0.526. The Hall–Kier alpha value is -1.96. The summed E-state index contributed by atoms with van der Waals surface area (Å²) in [5.41, 5.74) is 1.75. The second-order valence-corrected chi connectivity index (χ2v) is 7.25. The predicted octanol–water partition coefficient (Wildman–Crippen LogP) is 2.21. The number of pyridine rings is 1. The normalized spacial score (nSPS) is 17.8. The van der Waals surface area contributed by atoms with Crippen LogP contribution in [0.15, 0.2) is 35.4 Å². The maximum atomic E-state index is 12.6. The number of piperidine rings is 1. The van der Waals surface area contributed by atoms with Crippen LogP contribution in [0.4, 0.5) is 5.69 Å². The highest BCUT2D eigenvalue weighted by molar-refractivity contribution is 6.30. The molecule has 0 N–H and O–H groups in total. The molecule has 0 bridgehead atoms. The molecule has 0 spiro atoms. The fourth-order valence-corrected chi connectivity index (χ4v) is 3.58. The number of nitrogens with zero attached hydrogens (tertiary/aromatic N) is 5. The van der Waals surface area contributed by atoms with Gasteiger partial charge in [-0.15, -0.1) is 0 Å². The minimum atomic E-state index is -0.0666. The summed E-state index contributed by atoms with van der Waals surface area (Å²) < 4.78 is 6.70. The number of aromatic nitrogens is 3. The maximum absolute atomic E-state index is 12.6. The zero-order valence-corrected chi connectivity index (χ0v) is 16.6. The summed E-state index contributed by atoms with van der Waals surface area (Å²) in [6.45, 7) is 3.81. The number of ether oxygens (including phenoxy) is 1. The third-order valence-electron chi connectivity index (χ3n) is 4.94. The first kappa shape index (κ1) is 19.8. The number of likely N-dealkylation sites (N-methyl/N-ethyl adjacent to an activating group) is 1. The summed E-state index contributed by atoms with van der Waals surface area (Å²) >= 11 is 6.19. The van der Waals surface area contributed by atoms with E-state index in [1.54, 1.807) is 30.3 Å². The van der Waals surface area contributed by atoms with Crippen molar-refractivity contribution in [2.75, 3.05) is 45.3 Å². The molecule has 1 saturated heterocycles.